The molecular weight excluding hydrogens is 372 g/mol. The molecule has 0 aliphatic carbocycles. The molecule has 2 saturated heterocycles. The summed E-state index contributed by atoms with van der Waals surface area (Å²) in [6.07, 6.45) is 2.25. The number of benzene rings is 1. The van der Waals surface area contributed by atoms with Crippen LogP contribution in [0, 0.1) is 5.92 Å². The topological polar surface area (TPSA) is 115 Å². The zero-order chi connectivity index (χ0) is 19.6. The highest BCUT2D eigenvalue weighted by atomic mass is 32.2. The van der Waals surface area contributed by atoms with E-state index in [9.17, 15) is 18.0 Å². The molecule has 2 N–H and O–H groups in total. The van der Waals surface area contributed by atoms with E-state index in [-0.39, 0.29) is 24.6 Å². The molecule has 3 rings (SSSR count). The number of piperidine rings is 2. The van der Waals surface area contributed by atoms with E-state index in [1.54, 1.807) is 24.3 Å². The third-order valence-corrected chi connectivity index (χ3v) is 7.47. The highest BCUT2D eigenvalue weighted by Gasteiger charge is 2.37. The van der Waals surface area contributed by atoms with Gasteiger partial charge < -0.3 is 10.2 Å². The van der Waals surface area contributed by atoms with Gasteiger partial charge in [-0.25, -0.2) is 4.79 Å². The van der Waals surface area contributed by atoms with Crippen molar-refractivity contribution >= 4 is 22.1 Å². The van der Waals surface area contributed by atoms with Gasteiger partial charge in [-0.2, -0.15) is 17.0 Å². The van der Waals surface area contributed by atoms with Gasteiger partial charge in [0.15, 0.2) is 0 Å². The smallest absolute Gasteiger partial charge is 0.335 e. The van der Waals surface area contributed by atoms with Crippen molar-refractivity contribution in [1.29, 1.82) is 0 Å². The molecule has 1 atom stereocenters. The number of carbonyl (C=O) groups is 2. The van der Waals surface area contributed by atoms with Crippen LogP contribution in [0.5, 0.6) is 0 Å². The van der Waals surface area contributed by atoms with Crippen LogP contribution in [0.3, 0.4) is 0 Å². The molecule has 1 aromatic rings. The highest BCUT2D eigenvalue weighted by molar-refractivity contribution is 7.86. The highest BCUT2D eigenvalue weighted by Crippen LogP contribution is 2.30. The SMILES string of the molecule is O=C(O)c1ccc([C@H]2CCCN(S(=O)(=O)N3CCC(C(=O)O)CC3)C2)cc1. The van der Waals surface area contributed by atoms with Gasteiger partial charge >= 0.3 is 11.9 Å². The monoisotopic (exact) mass is 396 g/mol. The average molecular weight is 396 g/mol. The van der Waals surface area contributed by atoms with Crippen LogP contribution < -0.4 is 0 Å². The van der Waals surface area contributed by atoms with Crippen molar-refractivity contribution in [2.24, 2.45) is 5.92 Å². The first kappa shape index (κ1) is 19.8. The first-order chi connectivity index (χ1) is 12.8. The molecule has 0 bridgehead atoms. The minimum absolute atomic E-state index is 0.0212. The van der Waals surface area contributed by atoms with Gasteiger partial charge in [0, 0.05) is 26.2 Å². The molecule has 9 heteroatoms. The van der Waals surface area contributed by atoms with Gasteiger partial charge in [-0.05, 0) is 49.3 Å². The largest absolute Gasteiger partial charge is 0.481 e. The maximum Gasteiger partial charge on any atom is 0.335 e. The summed E-state index contributed by atoms with van der Waals surface area (Å²) in [6.45, 7) is 1.26. The van der Waals surface area contributed by atoms with Crippen molar-refractivity contribution in [3.8, 4) is 0 Å². The Kier molecular flexibility index (Phi) is 5.83. The predicted octanol–water partition coefficient (Wildman–Crippen LogP) is 1.61. The van der Waals surface area contributed by atoms with Gasteiger partial charge in [0.2, 0.25) is 0 Å². The molecule has 0 radical (unpaired) electrons. The van der Waals surface area contributed by atoms with Crippen molar-refractivity contribution in [3.63, 3.8) is 0 Å². The Labute approximate surface area is 158 Å². The lowest BCUT2D eigenvalue weighted by molar-refractivity contribution is -0.142. The van der Waals surface area contributed by atoms with Crippen molar-refractivity contribution in [2.45, 2.75) is 31.6 Å². The lowest BCUT2D eigenvalue weighted by Crippen LogP contribution is -2.50. The van der Waals surface area contributed by atoms with Crippen LogP contribution in [0.4, 0.5) is 0 Å². The van der Waals surface area contributed by atoms with Crippen molar-refractivity contribution < 1.29 is 28.2 Å². The first-order valence-corrected chi connectivity index (χ1v) is 10.5. The Morgan fingerprint density at radius 2 is 1.56 bits per heavy atom. The van der Waals surface area contributed by atoms with E-state index >= 15 is 0 Å². The molecule has 2 fully saturated rings. The molecule has 0 spiro atoms. The van der Waals surface area contributed by atoms with Crippen LogP contribution >= 0.6 is 0 Å². The van der Waals surface area contributed by atoms with E-state index in [2.05, 4.69) is 0 Å². The van der Waals surface area contributed by atoms with E-state index in [1.165, 1.54) is 8.61 Å². The van der Waals surface area contributed by atoms with Crippen LogP contribution in [0.1, 0.15) is 47.5 Å². The van der Waals surface area contributed by atoms with Gasteiger partial charge in [-0.15, -0.1) is 0 Å². The van der Waals surface area contributed by atoms with Gasteiger partial charge in [0.1, 0.15) is 0 Å². The summed E-state index contributed by atoms with van der Waals surface area (Å²) in [4.78, 5) is 22.0. The lowest BCUT2D eigenvalue weighted by atomic mass is 9.91. The number of rotatable bonds is 5. The molecular formula is C18H24N2O6S. The molecule has 8 nitrogen and oxygen atoms in total. The Morgan fingerprint density at radius 1 is 0.926 bits per heavy atom. The molecule has 2 aliphatic heterocycles. The number of carboxylic acid groups (broad SMARTS) is 2. The number of aliphatic carboxylic acids is 1. The molecule has 0 amide bonds. The number of hydrogen-bond donors (Lipinski definition) is 2. The molecule has 1 aromatic carbocycles. The fourth-order valence-electron chi connectivity index (χ4n) is 3.82. The number of hydrogen-bond acceptors (Lipinski definition) is 4. The number of carboxylic acids is 2. The second kappa shape index (κ2) is 7.95. The van der Waals surface area contributed by atoms with Crippen LogP contribution in [-0.4, -0.2) is 65.4 Å². The third kappa shape index (κ3) is 4.31. The lowest BCUT2D eigenvalue weighted by Gasteiger charge is -2.37. The summed E-state index contributed by atoms with van der Waals surface area (Å²) < 4.78 is 28.8. The zero-order valence-corrected chi connectivity index (χ0v) is 15.8. The van der Waals surface area contributed by atoms with Crippen LogP contribution in [0.25, 0.3) is 0 Å². The van der Waals surface area contributed by atoms with E-state index in [1.807, 2.05) is 0 Å². The van der Waals surface area contributed by atoms with Crippen LogP contribution in [-0.2, 0) is 15.0 Å². The maximum atomic E-state index is 13.0. The fourth-order valence-corrected chi connectivity index (χ4v) is 5.55. The Morgan fingerprint density at radius 3 is 2.11 bits per heavy atom. The molecule has 27 heavy (non-hydrogen) atoms. The molecule has 2 aliphatic rings. The quantitative estimate of drug-likeness (QED) is 0.781. The molecule has 2 heterocycles. The Bertz CT molecular complexity index is 800. The summed E-state index contributed by atoms with van der Waals surface area (Å²) in [5.41, 5.74) is 1.14. The van der Waals surface area contributed by atoms with Crippen LogP contribution in [0.2, 0.25) is 0 Å². The Hall–Kier alpha value is -1.97. The summed E-state index contributed by atoms with van der Waals surface area (Å²) in [5.74, 6) is -2.31. The van der Waals surface area contributed by atoms with Crippen LogP contribution in [0.15, 0.2) is 24.3 Å². The first-order valence-electron chi connectivity index (χ1n) is 9.10. The van der Waals surface area contributed by atoms with Gasteiger partial charge in [-0.3, -0.25) is 4.79 Å². The van der Waals surface area contributed by atoms with E-state index < -0.39 is 28.1 Å². The van der Waals surface area contributed by atoms with E-state index in [0.29, 0.717) is 25.9 Å². The summed E-state index contributed by atoms with van der Waals surface area (Å²) in [5, 5.41) is 18.1. The Balaban J connectivity index is 1.68. The van der Waals surface area contributed by atoms with E-state index in [0.717, 1.165) is 18.4 Å². The second-order valence-electron chi connectivity index (χ2n) is 7.14. The fraction of sp³-hybridized carbons (Fsp3) is 0.556. The van der Waals surface area contributed by atoms with Gasteiger partial charge in [0.05, 0.1) is 11.5 Å². The standard InChI is InChI=1S/C18H24N2O6S/c21-17(22)14-5-3-13(4-6-14)16-2-1-9-20(12-16)27(25,26)19-10-7-15(8-11-19)18(23)24/h3-6,15-16H,1-2,7-12H2,(H,21,22)(H,23,24)/t16-/m0/s1. The van der Waals surface area contributed by atoms with Crippen molar-refractivity contribution in [1.82, 2.24) is 8.61 Å². The number of aromatic carboxylic acids is 1. The zero-order valence-electron chi connectivity index (χ0n) is 15.0. The van der Waals surface area contributed by atoms with E-state index in [4.69, 9.17) is 10.2 Å². The molecule has 0 aromatic heterocycles. The molecule has 148 valence electrons. The summed E-state index contributed by atoms with van der Waals surface area (Å²) in [6, 6.07) is 6.59. The molecule has 0 unspecified atom stereocenters. The third-order valence-electron chi connectivity index (χ3n) is 5.47. The summed E-state index contributed by atoms with van der Waals surface area (Å²) in [7, 11) is -3.62. The summed E-state index contributed by atoms with van der Waals surface area (Å²) >= 11 is 0. The van der Waals surface area contributed by atoms with Crippen molar-refractivity contribution in [3.05, 3.63) is 35.4 Å². The molecule has 0 saturated carbocycles. The minimum atomic E-state index is -3.62. The predicted molar refractivity (Wildman–Crippen MR) is 97.8 cm³/mol. The number of nitrogens with zero attached hydrogens (tertiary/aromatic N) is 2. The maximum absolute atomic E-state index is 13.0. The second-order valence-corrected chi connectivity index (χ2v) is 9.07. The van der Waals surface area contributed by atoms with Gasteiger partial charge in [0.25, 0.3) is 10.2 Å². The van der Waals surface area contributed by atoms with Crippen molar-refractivity contribution in [2.75, 3.05) is 26.2 Å². The minimum Gasteiger partial charge on any atom is -0.481 e. The van der Waals surface area contributed by atoms with Gasteiger partial charge in [-0.1, -0.05) is 12.1 Å². The average Bonchev–Trinajstić information content (AvgIpc) is 2.68. The normalized spacial score (nSPS) is 23.2.